The zero-order valence-corrected chi connectivity index (χ0v) is 11.2. The molecule has 0 atom stereocenters. The van der Waals surface area contributed by atoms with Crippen LogP contribution >= 0.6 is 0 Å². The van der Waals surface area contributed by atoms with Crippen LogP contribution in [0.5, 0.6) is 0 Å². The second-order valence-corrected chi connectivity index (χ2v) is 5.03. The number of aryl methyl sites for hydroxylation is 1. The van der Waals surface area contributed by atoms with Crippen LogP contribution < -0.4 is 5.56 Å². The van der Waals surface area contributed by atoms with Crippen LogP contribution in [-0.2, 0) is 6.42 Å². The maximum atomic E-state index is 11.6. The SMILES string of the molecule is Cc1cc(Cc2ccc3ccccc3c2)n(O)c(=O)c1. The third kappa shape index (κ3) is 2.30. The second kappa shape index (κ2) is 4.85. The van der Waals surface area contributed by atoms with Crippen LogP contribution in [0.2, 0.25) is 0 Å². The van der Waals surface area contributed by atoms with E-state index in [9.17, 15) is 10.0 Å². The molecule has 0 saturated heterocycles. The fourth-order valence-corrected chi connectivity index (χ4v) is 2.45. The summed E-state index contributed by atoms with van der Waals surface area (Å²) in [6.07, 6.45) is 0.526. The highest BCUT2D eigenvalue weighted by molar-refractivity contribution is 5.83. The van der Waals surface area contributed by atoms with Gasteiger partial charge in [-0.1, -0.05) is 42.5 Å². The maximum Gasteiger partial charge on any atom is 0.283 e. The summed E-state index contributed by atoms with van der Waals surface area (Å²) in [6.45, 7) is 1.85. The predicted octanol–water partition coefficient (Wildman–Crippen LogP) is 3.14. The lowest BCUT2D eigenvalue weighted by atomic mass is 10.0. The fourth-order valence-electron chi connectivity index (χ4n) is 2.45. The molecule has 1 aromatic heterocycles. The van der Waals surface area contributed by atoms with Gasteiger partial charge >= 0.3 is 0 Å². The van der Waals surface area contributed by atoms with Crippen molar-refractivity contribution < 1.29 is 5.21 Å². The Bertz CT molecular complexity index is 834. The minimum absolute atomic E-state index is 0.388. The van der Waals surface area contributed by atoms with Gasteiger partial charge in [0.05, 0.1) is 5.69 Å². The van der Waals surface area contributed by atoms with Gasteiger partial charge in [0.15, 0.2) is 0 Å². The van der Waals surface area contributed by atoms with Gasteiger partial charge in [-0.15, -0.1) is 0 Å². The number of hydrogen-bond acceptors (Lipinski definition) is 2. The van der Waals surface area contributed by atoms with Crippen molar-refractivity contribution in [3.8, 4) is 0 Å². The molecule has 3 rings (SSSR count). The van der Waals surface area contributed by atoms with E-state index in [1.165, 1.54) is 11.5 Å². The fraction of sp³-hybridized carbons (Fsp3) is 0.118. The van der Waals surface area contributed by atoms with Crippen LogP contribution in [0.3, 0.4) is 0 Å². The van der Waals surface area contributed by atoms with Crippen molar-refractivity contribution in [1.82, 2.24) is 4.73 Å². The highest BCUT2D eigenvalue weighted by Crippen LogP contribution is 2.17. The smallest absolute Gasteiger partial charge is 0.283 e. The number of nitrogens with zero attached hydrogens (tertiary/aromatic N) is 1. The molecule has 1 heterocycles. The molecule has 0 saturated carbocycles. The van der Waals surface area contributed by atoms with Gasteiger partial charge in [-0.05, 0) is 34.9 Å². The van der Waals surface area contributed by atoms with E-state index in [1.54, 1.807) is 0 Å². The Morgan fingerprint density at radius 3 is 2.55 bits per heavy atom. The third-order valence-corrected chi connectivity index (χ3v) is 3.43. The molecule has 3 aromatic rings. The van der Waals surface area contributed by atoms with Gasteiger partial charge < -0.3 is 5.21 Å². The van der Waals surface area contributed by atoms with E-state index in [1.807, 2.05) is 31.2 Å². The lowest BCUT2D eigenvalue weighted by Gasteiger charge is -2.08. The summed E-state index contributed by atoms with van der Waals surface area (Å²) in [5.41, 5.74) is 2.14. The first kappa shape index (κ1) is 12.5. The normalized spacial score (nSPS) is 10.8. The van der Waals surface area contributed by atoms with Crippen molar-refractivity contribution in [2.75, 3.05) is 0 Å². The molecule has 20 heavy (non-hydrogen) atoms. The van der Waals surface area contributed by atoms with Gasteiger partial charge in [0.2, 0.25) is 0 Å². The highest BCUT2D eigenvalue weighted by Gasteiger charge is 2.05. The highest BCUT2D eigenvalue weighted by atomic mass is 16.5. The van der Waals surface area contributed by atoms with Crippen molar-refractivity contribution in [3.63, 3.8) is 0 Å². The minimum Gasteiger partial charge on any atom is -0.425 e. The van der Waals surface area contributed by atoms with Crippen LogP contribution in [0.25, 0.3) is 10.8 Å². The molecule has 0 radical (unpaired) electrons. The molecule has 0 fully saturated rings. The van der Waals surface area contributed by atoms with E-state index in [-0.39, 0.29) is 5.56 Å². The molecule has 100 valence electrons. The molecular formula is C17H15NO2. The van der Waals surface area contributed by atoms with Crippen molar-refractivity contribution >= 4 is 10.8 Å². The molecule has 0 unspecified atom stereocenters. The van der Waals surface area contributed by atoms with Gasteiger partial charge in [0, 0.05) is 12.5 Å². The molecule has 0 aliphatic carbocycles. The summed E-state index contributed by atoms with van der Waals surface area (Å²) in [4.78, 5) is 11.6. The topological polar surface area (TPSA) is 42.2 Å². The van der Waals surface area contributed by atoms with Gasteiger partial charge in [-0.2, -0.15) is 4.73 Å². The van der Waals surface area contributed by atoms with Crippen molar-refractivity contribution in [2.45, 2.75) is 13.3 Å². The summed E-state index contributed by atoms with van der Waals surface area (Å²) >= 11 is 0. The Kier molecular flexibility index (Phi) is 3.03. The first-order valence-electron chi connectivity index (χ1n) is 6.53. The van der Waals surface area contributed by atoms with Gasteiger partial charge in [-0.25, -0.2) is 0 Å². The molecule has 0 amide bonds. The van der Waals surface area contributed by atoms with Crippen molar-refractivity contribution in [3.05, 3.63) is 81.8 Å². The van der Waals surface area contributed by atoms with Crippen molar-refractivity contribution in [1.29, 1.82) is 0 Å². The first-order chi connectivity index (χ1) is 9.63. The summed E-state index contributed by atoms with van der Waals surface area (Å²) in [5.74, 6) is 0. The minimum atomic E-state index is -0.388. The Morgan fingerprint density at radius 1 is 1.00 bits per heavy atom. The zero-order chi connectivity index (χ0) is 14.1. The van der Waals surface area contributed by atoms with Crippen molar-refractivity contribution in [2.24, 2.45) is 0 Å². The standard InChI is InChI=1S/C17H15NO2/c1-12-8-16(18(20)17(19)9-12)11-13-6-7-14-4-2-3-5-15(14)10-13/h2-10,20H,11H2,1H3. The summed E-state index contributed by atoms with van der Waals surface area (Å²) in [6, 6.07) is 17.5. The van der Waals surface area contributed by atoms with Gasteiger partial charge in [0.1, 0.15) is 0 Å². The molecule has 0 aliphatic heterocycles. The monoisotopic (exact) mass is 265 g/mol. The summed E-state index contributed by atoms with van der Waals surface area (Å²) in [5, 5.41) is 12.1. The average Bonchev–Trinajstić information content (AvgIpc) is 2.44. The predicted molar refractivity (Wildman–Crippen MR) is 79.4 cm³/mol. The molecule has 2 aromatic carbocycles. The van der Waals surface area contributed by atoms with E-state index in [0.717, 1.165) is 21.2 Å². The number of pyridine rings is 1. The van der Waals surface area contributed by atoms with Crippen LogP contribution in [0.4, 0.5) is 0 Å². The van der Waals surface area contributed by atoms with Crippen LogP contribution in [0.15, 0.2) is 59.4 Å². The molecule has 3 nitrogen and oxygen atoms in total. The summed E-state index contributed by atoms with van der Waals surface area (Å²) < 4.78 is 0.724. The summed E-state index contributed by atoms with van der Waals surface area (Å²) in [7, 11) is 0. The van der Waals surface area contributed by atoms with Gasteiger partial charge in [0.25, 0.3) is 5.56 Å². The van der Waals surface area contributed by atoms with Crippen LogP contribution in [-0.4, -0.2) is 9.94 Å². The maximum absolute atomic E-state index is 11.6. The quantitative estimate of drug-likeness (QED) is 0.723. The Labute approximate surface area is 116 Å². The van der Waals surface area contributed by atoms with Gasteiger partial charge in [-0.3, -0.25) is 4.79 Å². The molecule has 0 bridgehead atoms. The zero-order valence-electron chi connectivity index (χ0n) is 11.2. The van der Waals surface area contributed by atoms with E-state index in [2.05, 4.69) is 24.3 Å². The average molecular weight is 265 g/mol. The Balaban J connectivity index is 2.03. The van der Waals surface area contributed by atoms with Crippen LogP contribution in [0, 0.1) is 6.92 Å². The number of benzene rings is 2. The van der Waals surface area contributed by atoms with E-state index < -0.39 is 0 Å². The molecule has 0 spiro atoms. The molecule has 1 N–H and O–H groups in total. The Hall–Kier alpha value is -2.55. The van der Waals surface area contributed by atoms with Crippen LogP contribution in [0.1, 0.15) is 16.8 Å². The lowest BCUT2D eigenvalue weighted by Crippen LogP contribution is -2.21. The Morgan fingerprint density at radius 2 is 1.75 bits per heavy atom. The van der Waals surface area contributed by atoms with E-state index in [4.69, 9.17) is 0 Å². The van der Waals surface area contributed by atoms with E-state index >= 15 is 0 Å². The first-order valence-corrected chi connectivity index (χ1v) is 6.53. The largest absolute Gasteiger partial charge is 0.425 e. The second-order valence-electron chi connectivity index (χ2n) is 5.03. The molecule has 3 heteroatoms. The molecule has 0 aliphatic rings. The number of hydrogen-bond donors (Lipinski definition) is 1. The third-order valence-electron chi connectivity index (χ3n) is 3.43. The number of aromatic nitrogens is 1. The lowest BCUT2D eigenvalue weighted by molar-refractivity contribution is 0.166. The number of fused-ring (bicyclic) bond motifs is 1. The van der Waals surface area contributed by atoms with E-state index in [0.29, 0.717) is 12.1 Å². The number of rotatable bonds is 2. The molecular weight excluding hydrogens is 250 g/mol.